The SMILES string of the molecule is CC1(C)OB(c2ccc3c(c2)-c2ncccc2C32c3ccccc3-c3cnccc32)OC1(C)C. The highest BCUT2D eigenvalue weighted by atomic mass is 16.7. The van der Waals surface area contributed by atoms with Crippen molar-refractivity contribution in [1.82, 2.24) is 9.97 Å². The first kappa shape index (κ1) is 20.1. The molecule has 1 saturated heterocycles. The van der Waals surface area contributed by atoms with Gasteiger partial charge in [-0.1, -0.05) is 48.5 Å². The fourth-order valence-electron chi connectivity index (χ4n) is 5.98. The minimum absolute atomic E-state index is 0.385. The van der Waals surface area contributed by atoms with Crippen LogP contribution in [0.3, 0.4) is 0 Å². The van der Waals surface area contributed by atoms with Crippen LogP contribution in [0.4, 0.5) is 0 Å². The van der Waals surface area contributed by atoms with E-state index in [9.17, 15) is 0 Å². The lowest BCUT2D eigenvalue weighted by atomic mass is 9.70. The number of pyridine rings is 2. The predicted molar refractivity (Wildman–Crippen MR) is 134 cm³/mol. The highest BCUT2D eigenvalue weighted by Crippen LogP contribution is 2.61. The molecule has 166 valence electrons. The zero-order valence-electron chi connectivity index (χ0n) is 19.8. The van der Waals surface area contributed by atoms with Crippen molar-refractivity contribution in [2.24, 2.45) is 0 Å². The Bertz CT molecular complexity index is 1430. The lowest BCUT2D eigenvalue weighted by Crippen LogP contribution is -2.41. The van der Waals surface area contributed by atoms with Gasteiger partial charge in [-0.2, -0.15) is 0 Å². The molecule has 0 bridgehead atoms. The maximum Gasteiger partial charge on any atom is 0.494 e. The molecule has 0 radical (unpaired) electrons. The quantitative estimate of drug-likeness (QED) is 0.330. The highest BCUT2D eigenvalue weighted by molar-refractivity contribution is 6.62. The number of aromatic nitrogens is 2. The fourth-order valence-corrected chi connectivity index (χ4v) is 5.98. The van der Waals surface area contributed by atoms with Crippen LogP contribution in [-0.2, 0) is 14.7 Å². The normalized spacial score (nSPS) is 22.4. The van der Waals surface area contributed by atoms with E-state index in [-0.39, 0.29) is 11.2 Å². The molecule has 1 atom stereocenters. The second kappa shape index (κ2) is 6.44. The van der Waals surface area contributed by atoms with E-state index in [0.717, 1.165) is 16.7 Å². The van der Waals surface area contributed by atoms with Gasteiger partial charge in [-0.25, -0.2) is 0 Å². The molecule has 2 aromatic carbocycles. The smallest absolute Gasteiger partial charge is 0.399 e. The van der Waals surface area contributed by atoms with Crippen molar-refractivity contribution in [2.75, 3.05) is 0 Å². The zero-order valence-corrected chi connectivity index (χ0v) is 19.8. The van der Waals surface area contributed by atoms with Crippen molar-refractivity contribution in [3.63, 3.8) is 0 Å². The number of nitrogens with zero attached hydrogens (tertiary/aromatic N) is 2. The first-order chi connectivity index (χ1) is 16.3. The molecule has 0 amide bonds. The second-order valence-corrected chi connectivity index (χ2v) is 10.5. The van der Waals surface area contributed by atoms with Gasteiger partial charge >= 0.3 is 7.12 Å². The summed E-state index contributed by atoms with van der Waals surface area (Å²) >= 11 is 0. The summed E-state index contributed by atoms with van der Waals surface area (Å²) in [4.78, 5) is 9.36. The molecule has 3 aliphatic rings. The minimum atomic E-state index is -0.411. The van der Waals surface area contributed by atoms with Crippen molar-refractivity contribution in [2.45, 2.75) is 44.3 Å². The van der Waals surface area contributed by atoms with Gasteiger partial charge in [0.2, 0.25) is 0 Å². The molecule has 1 aliphatic heterocycles. The summed E-state index contributed by atoms with van der Waals surface area (Å²) in [6.07, 6.45) is 5.78. The Morgan fingerprint density at radius 1 is 0.676 bits per heavy atom. The van der Waals surface area contributed by atoms with Gasteiger partial charge in [-0.3, -0.25) is 9.97 Å². The Balaban J connectivity index is 1.50. The van der Waals surface area contributed by atoms with E-state index in [1.807, 2.05) is 24.7 Å². The van der Waals surface area contributed by atoms with E-state index in [4.69, 9.17) is 14.3 Å². The lowest BCUT2D eigenvalue weighted by molar-refractivity contribution is 0.00578. The third-order valence-electron chi connectivity index (χ3n) is 8.29. The maximum absolute atomic E-state index is 6.38. The summed E-state index contributed by atoms with van der Waals surface area (Å²) in [6, 6.07) is 21.8. The second-order valence-electron chi connectivity index (χ2n) is 10.5. The summed E-state index contributed by atoms with van der Waals surface area (Å²) in [6.45, 7) is 8.36. The van der Waals surface area contributed by atoms with Crippen LogP contribution in [0.5, 0.6) is 0 Å². The molecule has 0 saturated carbocycles. The van der Waals surface area contributed by atoms with Crippen molar-refractivity contribution in [3.8, 4) is 22.4 Å². The number of rotatable bonds is 1. The van der Waals surface area contributed by atoms with E-state index in [1.165, 1.54) is 33.4 Å². The summed E-state index contributed by atoms with van der Waals surface area (Å²) in [5.41, 5.74) is 9.46. The summed E-state index contributed by atoms with van der Waals surface area (Å²) in [7, 11) is -0.411. The van der Waals surface area contributed by atoms with Gasteiger partial charge in [0.25, 0.3) is 0 Å². The Kier molecular flexibility index (Phi) is 3.81. The van der Waals surface area contributed by atoms with E-state index in [1.54, 1.807) is 0 Å². The van der Waals surface area contributed by atoms with Crippen LogP contribution >= 0.6 is 0 Å². The van der Waals surface area contributed by atoms with Crippen LogP contribution in [0.2, 0.25) is 0 Å². The summed E-state index contributed by atoms with van der Waals surface area (Å²) in [5, 5.41) is 0. The first-order valence-electron chi connectivity index (χ1n) is 11.8. The molecule has 1 spiro atoms. The molecule has 7 rings (SSSR count). The van der Waals surface area contributed by atoms with Crippen LogP contribution in [-0.4, -0.2) is 28.3 Å². The molecule has 1 unspecified atom stereocenters. The Morgan fingerprint density at radius 3 is 2.21 bits per heavy atom. The van der Waals surface area contributed by atoms with Gasteiger partial charge < -0.3 is 9.31 Å². The zero-order chi connectivity index (χ0) is 23.3. The third-order valence-corrected chi connectivity index (χ3v) is 8.29. The van der Waals surface area contributed by atoms with Crippen molar-refractivity contribution >= 4 is 12.6 Å². The van der Waals surface area contributed by atoms with E-state index in [2.05, 4.69) is 87.3 Å². The number of fused-ring (bicyclic) bond motifs is 10. The maximum atomic E-state index is 6.38. The standard InChI is InChI=1S/C29H25BN2O2/c1-27(2)28(3,4)34-30(33-27)18-11-12-23-20(16-18)26-25(10-7-14-32-26)29(23)22-9-6-5-8-19(22)21-17-31-15-13-24(21)29/h5-17H,1-4H3. The van der Waals surface area contributed by atoms with Crippen molar-refractivity contribution in [1.29, 1.82) is 0 Å². The average Bonchev–Trinajstić information content (AvgIpc) is 3.39. The first-order valence-corrected chi connectivity index (χ1v) is 11.8. The monoisotopic (exact) mass is 444 g/mol. The Morgan fingerprint density at radius 2 is 1.38 bits per heavy atom. The van der Waals surface area contributed by atoms with Gasteiger partial charge in [0.1, 0.15) is 0 Å². The predicted octanol–water partition coefficient (Wildman–Crippen LogP) is 5.12. The fraction of sp³-hybridized carbons (Fsp3) is 0.241. The molecule has 5 heteroatoms. The van der Waals surface area contributed by atoms with Gasteiger partial charge in [0.15, 0.2) is 0 Å². The molecule has 4 nitrogen and oxygen atoms in total. The number of hydrogen-bond acceptors (Lipinski definition) is 4. The third kappa shape index (κ3) is 2.31. The van der Waals surface area contributed by atoms with Gasteiger partial charge in [0.05, 0.1) is 22.3 Å². The van der Waals surface area contributed by atoms with Gasteiger partial charge in [0, 0.05) is 29.7 Å². The summed E-state index contributed by atoms with van der Waals surface area (Å²) in [5.74, 6) is 0. The van der Waals surface area contributed by atoms with Crippen molar-refractivity contribution in [3.05, 3.63) is 102 Å². The number of benzene rings is 2. The molecule has 4 aromatic rings. The molecule has 1 fully saturated rings. The van der Waals surface area contributed by atoms with E-state index < -0.39 is 12.5 Å². The van der Waals surface area contributed by atoms with E-state index in [0.29, 0.717) is 0 Å². The molecule has 0 N–H and O–H groups in total. The average molecular weight is 444 g/mol. The molecular formula is C29H25BN2O2. The van der Waals surface area contributed by atoms with Crippen LogP contribution in [0.25, 0.3) is 22.4 Å². The van der Waals surface area contributed by atoms with Gasteiger partial charge in [-0.05, 0) is 73.1 Å². The van der Waals surface area contributed by atoms with E-state index >= 15 is 0 Å². The number of hydrogen-bond donors (Lipinski definition) is 0. The van der Waals surface area contributed by atoms with Crippen LogP contribution < -0.4 is 5.46 Å². The Labute approximate surface area is 200 Å². The summed E-state index contributed by atoms with van der Waals surface area (Å²) < 4.78 is 12.8. The molecule has 2 aliphatic carbocycles. The Hall–Kier alpha value is -3.28. The van der Waals surface area contributed by atoms with Crippen LogP contribution in [0, 0.1) is 0 Å². The minimum Gasteiger partial charge on any atom is -0.399 e. The largest absolute Gasteiger partial charge is 0.494 e. The molecule has 2 aromatic heterocycles. The highest BCUT2D eigenvalue weighted by Gasteiger charge is 2.54. The van der Waals surface area contributed by atoms with Crippen molar-refractivity contribution < 1.29 is 9.31 Å². The van der Waals surface area contributed by atoms with Crippen LogP contribution in [0.15, 0.2) is 79.3 Å². The molecule has 34 heavy (non-hydrogen) atoms. The van der Waals surface area contributed by atoms with Gasteiger partial charge in [-0.15, -0.1) is 0 Å². The topological polar surface area (TPSA) is 44.2 Å². The molecular weight excluding hydrogens is 419 g/mol. The lowest BCUT2D eigenvalue weighted by Gasteiger charge is -2.32. The van der Waals surface area contributed by atoms with Crippen LogP contribution in [0.1, 0.15) is 49.9 Å². The molecule has 3 heterocycles.